The number of carbonyl (C=O) groups excluding carboxylic acids is 2. The van der Waals surface area contributed by atoms with E-state index in [1.54, 1.807) is 23.9 Å². The largest absolute Gasteiger partial charge is 0.357 e. The first kappa shape index (κ1) is 24.9. The van der Waals surface area contributed by atoms with Gasteiger partial charge < -0.3 is 20.4 Å². The van der Waals surface area contributed by atoms with Crippen molar-refractivity contribution < 1.29 is 9.59 Å². The maximum Gasteiger partial charge on any atom is 0.253 e. The SMILES string of the molecule is CCNC(=NCCC(=O)N(C)Cc1ccccc1)NCCc1cccc(C(=O)N(C)C)c1. The molecule has 0 bridgehead atoms. The molecule has 0 heterocycles. The topological polar surface area (TPSA) is 77.0 Å². The minimum atomic E-state index is -0.00314. The van der Waals surface area contributed by atoms with E-state index in [4.69, 9.17) is 0 Å². The second kappa shape index (κ2) is 13.1. The van der Waals surface area contributed by atoms with Gasteiger partial charge in [-0.2, -0.15) is 0 Å². The van der Waals surface area contributed by atoms with Crippen molar-refractivity contribution in [1.29, 1.82) is 0 Å². The third-order valence-corrected chi connectivity index (χ3v) is 4.91. The van der Waals surface area contributed by atoms with Crippen molar-refractivity contribution in [1.82, 2.24) is 20.4 Å². The van der Waals surface area contributed by atoms with E-state index in [-0.39, 0.29) is 11.8 Å². The molecule has 0 atom stereocenters. The summed E-state index contributed by atoms with van der Waals surface area (Å²) in [4.78, 5) is 32.4. The molecule has 0 spiro atoms. The summed E-state index contributed by atoms with van der Waals surface area (Å²) in [6, 6.07) is 17.6. The average Bonchev–Trinajstić information content (AvgIpc) is 2.79. The summed E-state index contributed by atoms with van der Waals surface area (Å²) >= 11 is 0. The molecule has 0 saturated carbocycles. The summed E-state index contributed by atoms with van der Waals surface area (Å²) < 4.78 is 0. The molecule has 32 heavy (non-hydrogen) atoms. The van der Waals surface area contributed by atoms with E-state index in [0.29, 0.717) is 37.6 Å². The van der Waals surface area contributed by atoms with Gasteiger partial charge in [0.15, 0.2) is 5.96 Å². The number of rotatable bonds is 10. The average molecular weight is 438 g/mol. The van der Waals surface area contributed by atoms with Crippen LogP contribution in [0.15, 0.2) is 59.6 Å². The predicted octanol–water partition coefficient (Wildman–Crippen LogP) is 2.53. The molecule has 0 radical (unpaired) electrons. The molecule has 2 aromatic rings. The Labute approximate surface area is 191 Å². The summed E-state index contributed by atoms with van der Waals surface area (Å²) in [5.74, 6) is 0.749. The molecule has 2 rings (SSSR count). The van der Waals surface area contributed by atoms with Crippen LogP contribution in [0.2, 0.25) is 0 Å². The summed E-state index contributed by atoms with van der Waals surface area (Å²) in [6.45, 7) is 4.43. The molecule has 2 N–H and O–H groups in total. The fourth-order valence-corrected chi connectivity index (χ4v) is 3.18. The Hall–Kier alpha value is -3.35. The summed E-state index contributed by atoms with van der Waals surface area (Å²) in [7, 11) is 5.32. The van der Waals surface area contributed by atoms with Crippen LogP contribution in [0.4, 0.5) is 0 Å². The minimum Gasteiger partial charge on any atom is -0.357 e. The van der Waals surface area contributed by atoms with E-state index in [9.17, 15) is 9.59 Å². The number of benzene rings is 2. The molecule has 0 aromatic heterocycles. The second-order valence-corrected chi connectivity index (χ2v) is 7.82. The standard InChI is InChI=1S/C25H35N5O2/c1-5-26-25(27-16-14-20-12-9-13-22(18-20)24(32)29(2)3)28-17-15-23(31)30(4)19-21-10-7-6-8-11-21/h6-13,18H,5,14-17,19H2,1-4H3,(H2,26,27,28). The van der Waals surface area contributed by atoms with E-state index in [1.807, 2.05) is 68.6 Å². The molecule has 0 fully saturated rings. The smallest absolute Gasteiger partial charge is 0.253 e. The van der Waals surface area contributed by atoms with E-state index in [0.717, 1.165) is 24.1 Å². The molecule has 2 amide bonds. The van der Waals surface area contributed by atoms with Gasteiger partial charge >= 0.3 is 0 Å². The molecule has 2 aromatic carbocycles. The van der Waals surface area contributed by atoms with Gasteiger partial charge in [-0.25, -0.2) is 0 Å². The van der Waals surface area contributed by atoms with Crippen LogP contribution in [0.1, 0.15) is 34.8 Å². The fraction of sp³-hybridized carbons (Fsp3) is 0.400. The van der Waals surface area contributed by atoms with Crippen LogP contribution in [0.5, 0.6) is 0 Å². The first-order valence-corrected chi connectivity index (χ1v) is 11.0. The lowest BCUT2D eigenvalue weighted by molar-refractivity contribution is -0.130. The number of guanidine groups is 1. The van der Waals surface area contributed by atoms with Gasteiger partial charge in [0.1, 0.15) is 0 Å². The Bertz CT molecular complexity index is 896. The van der Waals surface area contributed by atoms with Gasteiger partial charge in [0.25, 0.3) is 5.91 Å². The monoisotopic (exact) mass is 437 g/mol. The Balaban J connectivity index is 1.82. The number of nitrogens with zero attached hydrogens (tertiary/aromatic N) is 3. The van der Waals surface area contributed by atoms with E-state index >= 15 is 0 Å². The molecule has 0 aliphatic carbocycles. The van der Waals surface area contributed by atoms with Crippen molar-refractivity contribution in [3.05, 3.63) is 71.3 Å². The molecular weight excluding hydrogens is 402 g/mol. The molecule has 7 nitrogen and oxygen atoms in total. The highest BCUT2D eigenvalue weighted by Crippen LogP contribution is 2.08. The van der Waals surface area contributed by atoms with Gasteiger partial charge in [0.05, 0.1) is 6.54 Å². The van der Waals surface area contributed by atoms with Crippen LogP contribution in [0.25, 0.3) is 0 Å². The summed E-state index contributed by atoms with van der Waals surface area (Å²) in [6.07, 6.45) is 1.12. The maximum absolute atomic E-state index is 12.4. The maximum atomic E-state index is 12.4. The third kappa shape index (κ3) is 8.41. The summed E-state index contributed by atoms with van der Waals surface area (Å²) in [5.41, 5.74) is 2.88. The highest BCUT2D eigenvalue weighted by Gasteiger charge is 2.10. The fourth-order valence-electron chi connectivity index (χ4n) is 3.18. The number of nitrogens with one attached hydrogen (secondary N) is 2. The Morgan fingerprint density at radius 1 is 0.938 bits per heavy atom. The zero-order valence-electron chi connectivity index (χ0n) is 19.6. The molecule has 7 heteroatoms. The lowest BCUT2D eigenvalue weighted by Gasteiger charge is -2.17. The van der Waals surface area contributed by atoms with Crippen molar-refractivity contribution >= 4 is 17.8 Å². The zero-order valence-corrected chi connectivity index (χ0v) is 19.6. The predicted molar refractivity (Wildman–Crippen MR) is 130 cm³/mol. The van der Waals surface area contributed by atoms with Gasteiger partial charge in [-0.3, -0.25) is 14.6 Å². The zero-order chi connectivity index (χ0) is 23.3. The van der Waals surface area contributed by atoms with Gasteiger partial charge in [0.2, 0.25) is 5.91 Å². The molecule has 0 saturated heterocycles. The Morgan fingerprint density at radius 2 is 1.66 bits per heavy atom. The lowest BCUT2D eigenvalue weighted by atomic mass is 10.1. The van der Waals surface area contributed by atoms with Crippen molar-refractivity contribution in [3.63, 3.8) is 0 Å². The normalized spacial score (nSPS) is 11.1. The first-order valence-electron chi connectivity index (χ1n) is 11.0. The van der Waals surface area contributed by atoms with Crippen molar-refractivity contribution in [2.45, 2.75) is 26.3 Å². The molecular formula is C25H35N5O2. The number of hydrogen-bond donors (Lipinski definition) is 2. The van der Waals surface area contributed by atoms with Crippen molar-refractivity contribution in [2.75, 3.05) is 40.8 Å². The van der Waals surface area contributed by atoms with Gasteiger partial charge in [-0.1, -0.05) is 42.5 Å². The van der Waals surface area contributed by atoms with Crippen molar-refractivity contribution in [3.8, 4) is 0 Å². The molecule has 0 aliphatic heterocycles. The van der Waals surface area contributed by atoms with Gasteiger partial charge in [0, 0.05) is 52.8 Å². The Kier molecular flexibility index (Phi) is 10.2. The number of hydrogen-bond acceptors (Lipinski definition) is 3. The van der Waals surface area contributed by atoms with E-state index in [1.165, 1.54) is 0 Å². The molecule has 172 valence electrons. The number of carbonyl (C=O) groups is 2. The lowest BCUT2D eigenvalue weighted by Crippen LogP contribution is -2.38. The first-order chi connectivity index (χ1) is 15.4. The van der Waals surface area contributed by atoms with Crippen LogP contribution in [-0.2, 0) is 17.8 Å². The van der Waals surface area contributed by atoms with E-state index in [2.05, 4.69) is 15.6 Å². The van der Waals surface area contributed by atoms with Crippen molar-refractivity contribution in [2.24, 2.45) is 4.99 Å². The minimum absolute atomic E-state index is 0.00314. The summed E-state index contributed by atoms with van der Waals surface area (Å²) in [5, 5.41) is 6.51. The number of aliphatic imine (C=N–C) groups is 1. The van der Waals surface area contributed by atoms with Gasteiger partial charge in [-0.05, 0) is 36.6 Å². The quantitative estimate of drug-likeness (QED) is 0.442. The highest BCUT2D eigenvalue weighted by molar-refractivity contribution is 5.94. The van der Waals surface area contributed by atoms with Crippen LogP contribution < -0.4 is 10.6 Å². The highest BCUT2D eigenvalue weighted by atomic mass is 16.2. The van der Waals surface area contributed by atoms with Gasteiger partial charge in [-0.15, -0.1) is 0 Å². The molecule has 0 unspecified atom stereocenters. The number of amides is 2. The second-order valence-electron chi connectivity index (χ2n) is 7.82. The Morgan fingerprint density at radius 3 is 2.34 bits per heavy atom. The van der Waals surface area contributed by atoms with Crippen LogP contribution in [0, 0.1) is 0 Å². The van der Waals surface area contributed by atoms with Crippen LogP contribution >= 0.6 is 0 Å². The molecule has 0 aliphatic rings. The van der Waals surface area contributed by atoms with Crippen LogP contribution in [0.3, 0.4) is 0 Å². The van der Waals surface area contributed by atoms with Crippen LogP contribution in [-0.4, -0.2) is 68.4 Å². The van der Waals surface area contributed by atoms with E-state index < -0.39 is 0 Å². The third-order valence-electron chi connectivity index (χ3n) is 4.91.